The third-order valence-corrected chi connectivity index (χ3v) is 6.66. The number of halogens is 6. The van der Waals surface area contributed by atoms with Gasteiger partial charge in [-0.25, -0.2) is 31.1 Å². The highest BCUT2D eigenvalue weighted by Gasteiger charge is 2.40. The summed E-state index contributed by atoms with van der Waals surface area (Å²) in [5.74, 6) is -7.04. The first-order valence-corrected chi connectivity index (χ1v) is 12.3. The second-order valence-corrected chi connectivity index (χ2v) is 9.14. The van der Waals surface area contributed by atoms with E-state index in [9.17, 15) is 18.0 Å². The highest BCUT2D eigenvalue weighted by molar-refractivity contribution is 5.91. The fourth-order valence-electron chi connectivity index (χ4n) is 4.71. The predicted octanol–water partition coefficient (Wildman–Crippen LogP) is 8.85. The summed E-state index contributed by atoms with van der Waals surface area (Å²) in [4.78, 5) is 12.6. The third-order valence-electron chi connectivity index (χ3n) is 6.66. The van der Waals surface area contributed by atoms with E-state index in [2.05, 4.69) is 0 Å². The van der Waals surface area contributed by atoms with Crippen molar-refractivity contribution in [1.82, 2.24) is 0 Å². The number of carbonyl (C=O) groups excluding carboxylic acids is 1. The van der Waals surface area contributed by atoms with Crippen molar-refractivity contribution in [3.8, 4) is 16.9 Å². The van der Waals surface area contributed by atoms with Gasteiger partial charge in [0.2, 0.25) is 0 Å². The van der Waals surface area contributed by atoms with E-state index in [0.29, 0.717) is 19.3 Å². The molecule has 196 valence electrons. The molecule has 1 aliphatic rings. The van der Waals surface area contributed by atoms with Gasteiger partial charge >= 0.3 is 5.97 Å². The number of aryl methyl sites for hydroxylation is 2. The lowest BCUT2D eigenvalue weighted by molar-refractivity contribution is 0.0720. The van der Waals surface area contributed by atoms with Gasteiger partial charge in [-0.1, -0.05) is 57.4 Å². The van der Waals surface area contributed by atoms with Gasteiger partial charge in [0.05, 0.1) is 5.56 Å². The van der Waals surface area contributed by atoms with Crippen molar-refractivity contribution in [1.29, 1.82) is 0 Å². The van der Waals surface area contributed by atoms with Crippen molar-refractivity contribution in [2.75, 3.05) is 0 Å². The molecule has 0 amide bonds. The van der Waals surface area contributed by atoms with Gasteiger partial charge in [0.25, 0.3) is 0 Å². The Kier molecular flexibility index (Phi) is 7.95. The van der Waals surface area contributed by atoms with Crippen molar-refractivity contribution in [2.24, 2.45) is 0 Å². The van der Waals surface area contributed by atoms with Crippen LogP contribution < -0.4 is 4.74 Å². The van der Waals surface area contributed by atoms with Gasteiger partial charge in [-0.3, -0.25) is 0 Å². The summed E-state index contributed by atoms with van der Waals surface area (Å²) < 4.78 is 94.4. The van der Waals surface area contributed by atoms with Crippen molar-refractivity contribution < 1.29 is 35.9 Å². The van der Waals surface area contributed by atoms with Crippen molar-refractivity contribution >= 4 is 5.97 Å². The topological polar surface area (TPSA) is 26.3 Å². The van der Waals surface area contributed by atoms with E-state index < -0.39 is 64.0 Å². The lowest BCUT2D eigenvalue weighted by Crippen LogP contribution is -2.18. The Bertz CT molecular complexity index is 1340. The van der Waals surface area contributed by atoms with E-state index in [1.807, 2.05) is 13.8 Å². The first-order valence-electron chi connectivity index (χ1n) is 12.3. The third kappa shape index (κ3) is 4.86. The normalized spacial score (nSPS) is 16.3. The van der Waals surface area contributed by atoms with Crippen LogP contribution in [0.2, 0.25) is 0 Å². The Labute approximate surface area is 211 Å². The van der Waals surface area contributed by atoms with Crippen LogP contribution >= 0.6 is 0 Å². The summed E-state index contributed by atoms with van der Waals surface area (Å²) >= 11 is 0. The molecule has 2 atom stereocenters. The number of hydrogen-bond acceptors (Lipinski definition) is 2. The molecule has 1 aliphatic carbocycles. The molecule has 0 radical (unpaired) electrons. The van der Waals surface area contributed by atoms with Crippen molar-refractivity contribution in [3.63, 3.8) is 0 Å². The summed E-state index contributed by atoms with van der Waals surface area (Å²) in [7, 11) is 0. The molecule has 0 saturated carbocycles. The smallest absolute Gasteiger partial charge is 0.346 e. The molecule has 4 rings (SSSR count). The molecule has 0 aromatic heterocycles. The van der Waals surface area contributed by atoms with Crippen molar-refractivity contribution in [3.05, 3.63) is 87.5 Å². The lowest BCUT2D eigenvalue weighted by atomic mass is 9.81. The molecular formula is C29H26F6O2. The minimum Gasteiger partial charge on any atom is -0.420 e. The standard InChI is InChI=1S/C29H26F6O2/c1-3-5-6-8-16-10-12-19(25(32)24(16)31)29(36)37-20-14-13-18-17-11-9-15(7-4-2)23(30)21(17)27(34)28(35)22(18)26(20)33/h9-14,27-28H,3-8H2,1-2H3. The molecule has 0 spiro atoms. The number of ether oxygens (including phenoxy) is 1. The fraction of sp³-hybridized carbons (Fsp3) is 0.345. The summed E-state index contributed by atoms with van der Waals surface area (Å²) in [5, 5.41) is 0. The SMILES string of the molecule is CCCCCc1ccc(C(=O)Oc2ccc3c(c2F)C(F)C(F)c2c-3ccc(CCC)c2F)c(F)c1F. The molecule has 0 fully saturated rings. The number of esters is 1. The number of hydrogen-bond donors (Lipinski definition) is 0. The van der Waals surface area contributed by atoms with E-state index in [1.54, 1.807) is 0 Å². The summed E-state index contributed by atoms with van der Waals surface area (Å²) in [6, 6.07) is 7.34. The molecule has 2 unspecified atom stereocenters. The monoisotopic (exact) mass is 520 g/mol. The van der Waals surface area contributed by atoms with Gasteiger partial charge in [0.1, 0.15) is 5.82 Å². The minimum atomic E-state index is -2.57. The zero-order chi connectivity index (χ0) is 26.9. The maximum Gasteiger partial charge on any atom is 0.346 e. The quantitative estimate of drug-likeness (QED) is 0.128. The maximum atomic E-state index is 15.3. The van der Waals surface area contributed by atoms with Crippen LogP contribution in [0, 0.1) is 23.3 Å². The Morgan fingerprint density at radius 2 is 1.30 bits per heavy atom. The number of carbonyl (C=O) groups is 1. The molecule has 0 aliphatic heterocycles. The average Bonchev–Trinajstić information content (AvgIpc) is 2.87. The number of unbranched alkanes of at least 4 members (excludes halogenated alkanes) is 2. The Balaban J connectivity index is 1.67. The second kappa shape index (κ2) is 11.0. The number of benzene rings is 3. The number of alkyl halides is 2. The Morgan fingerprint density at radius 3 is 1.95 bits per heavy atom. The highest BCUT2D eigenvalue weighted by atomic mass is 19.2. The maximum absolute atomic E-state index is 15.3. The predicted molar refractivity (Wildman–Crippen MR) is 128 cm³/mol. The largest absolute Gasteiger partial charge is 0.420 e. The molecule has 0 bridgehead atoms. The number of fused-ring (bicyclic) bond motifs is 3. The molecule has 8 heteroatoms. The van der Waals surface area contributed by atoms with Gasteiger partial charge in [-0.15, -0.1) is 0 Å². The molecule has 3 aromatic carbocycles. The van der Waals surface area contributed by atoms with Crippen LogP contribution in [0.25, 0.3) is 11.1 Å². The first kappa shape index (κ1) is 26.8. The van der Waals surface area contributed by atoms with Crippen LogP contribution in [-0.2, 0) is 12.8 Å². The summed E-state index contributed by atoms with van der Waals surface area (Å²) in [6.45, 7) is 3.79. The zero-order valence-corrected chi connectivity index (χ0v) is 20.4. The molecule has 2 nitrogen and oxygen atoms in total. The van der Waals surface area contributed by atoms with E-state index in [1.165, 1.54) is 24.3 Å². The van der Waals surface area contributed by atoms with Gasteiger partial charge in [-0.05, 0) is 53.6 Å². The van der Waals surface area contributed by atoms with Crippen LogP contribution in [0.3, 0.4) is 0 Å². The molecule has 0 heterocycles. The van der Waals surface area contributed by atoms with Gasteiger partial charge in [0, 0.05) is 11.1 Å². The van der Waals surface area contributed by atoms with E-state index in [-0.39, 0.29) is 28.7 Å². The zero-order valence-electron chi connectivity index (χ0n) is 20.4. The first-order chi connectivity index (χ1) is 17.7. The molecule has 0 N–H and O–H groups in total. The average molecular weight is 521 g/mol. The molecule has 0 saturated heterocycles. The molecule has 3 aromatic rings. The van der Waals surface area contributed by atoms with Crippen molar-refractivity contribution in [2.45, 2.75) is 64.7 Å². The van der Waals surface area contributed by atoms with E-state index in [4.69, 9.17) is 4.74 Å². The lowest BCUT2D eigenvalue weighted by Gasteiger charge is -2.28. The van der Waals surface area contributed by atoms with Crippen LogP contribution in [0.4, 0.5) is 26.3 Å². The number of rotatable bonds is 8. The van der Waals surface area contributed by atoms with Crippen LogP contribution in [0.1, 0.15) is 84.5 Å². The second-order valence-electron chi connectivity index (χ2n) is 9.14. The molecule has 37 heavy (non-hydrogen) atoms. The van der Waals surface area contributed by atoms with Gasteiger partial charge in [-0.2, -0.15) is 0 Å². The fourth-order valence-corrected chi connectivity index (χ4v) is 4.71. The van der Waals surface area contributed by atoms with Crippen LogP contribution in [0.5, 0.6) is 5.75 Å². The summed E-state index contributed by atoms with van der Waals surface area (Å²) in [5.41, 5.74) is -1.72. The van der Waals surface area contributed by atoms with Gasteiger partial charge in [0.15, 0.2) is 35.5 Å². The summed E-state index contributed by atoms with van der Waals surface area (Å²) in [6.07, 6.45) is -1.47. The van der Waals surface area contributed by atoms with E-state index >= 15 is 13.2 Å². The van der Waals surface area contributed by atoms with E-state index in [0.717, 1.165) is 25.0 Å². The molecular weight excluding hydrogens is 494 g/mol. The Hall–Kier alpha value is -3.29. The van der Waals surface area contributed by atoms with Gasteiger partial charge < -0.3 is 4.74 Å². The highest BCUT2D eigenvalue weighted by Crippen LogP contribution is 2.51. The Morgan fingerprint density at radius 1 is 0.703 bits per heavy atom. The van der Waals surface area contributed by atoms with Crippen LogP contribution in [-0.4, -0.2) is 5.97 Å². The van der Waals surface area contributed by atoms with Crippen LogP contribution in [0.15, 0.2) is 36.4 Å². The minimum absolute atomic E-state index is 0.00249.